The normalized spacial score (nSPS) is 11.7. The van der Waals surface area contributed by atoms with Gasteiger partial charge in [0.1, 0.15) is 11.0 Å². The molecule has 2 nitrogen and oxygen atoms in total. The van der Waals surface area contributed by atoms with E-state index in [0.717, 1.165) is 27.7 Å². The summed E-state index contributed by atoms with van der Waals surface area (Å²) in [5.41, 5.74) is 2.77. The largest absolute Gasteiger partial charge is 0.237 e. The van der Waals surface area contributed by atoms with Crippen LogP contribution in [0.3, 0.4) is 0 Å². The lowest BCUT2D eigenvalue weighted by molar-refractivity contribution is 0.542. The Morgan fingerprint density at radius 2 is 1.70 bits per heavy atom. The average molecular weight is 309 g/mol. The standard InChI is InChI=1S/C16H18Cl2N2/c1-10-12(9-11-7-5-6-8-13(11)17)14(18)20-15(19-10)16(2,3)4/h5-8H,9H2,1-4H3. The first kappa shape index (κ1) is 15.3. The quantitative estimate of drug-likeness (QED) is 0.731. The summed E-state index contributed by atoms with van der Waals surface area (Å²) in [7, 11) is 0. The first-order valence-electron chi connectivity index (χ1n) is 6.56. The van der Waals surface area contributed by atoms with E-state index >= 15 is 0 Å². The van der Waals surface area contributed by atoms with E-state index in [4.69, 9.17) is 23.2 Å². The van der Waals surface area contributed by atoms with Crippen LogP contribution in [0.4, 0.5) is 0 Å². The molecule has 0 fully saturated rings. The van der Waals surface area contributed by atoms with Gasteiger partial charge in [0.05, 0.1) is 0 Å². The molecule has 106 valence electrons. The van der Waals surface area contributed by atoms with E-state index in [0.29, 0.717) is 11.6 Å². The highest BCUT2D eigenvalue weighted by atomic mass is 35.5. The molecule has 0 amide bonds. The van der Waals surface area contributed by atoms with E-state index in [9.17, 15) is 0 Å². The number of benzene rings is 1. The van der Waals surface area contributed by atoms with Gasteiger partial charge in [-0.3, -0.25) is 0 Å². The lowest BCUT2D eigenvalue weighted by Crippen LogP contribution is -2.18. The summed E-state index contributed by atoms with van der Waals surface area (Å²) in [6, 6.07) is 7.76. The van der Waals surface area contributed by atoms with Crippen LogP contribution < -0.4 is 0 Å². The molecule has 0 bridgehead atoms. The van der Waals surface area contributed by atoms with Crippen LogP contribution in [0.1, 0.15) is 43.4 Å². The fourth-order valence-corrected chi connectivity index (χ4v) is 2.42. The second-order valence-corrected chi connectivity index (χ2v) is 6.69. The Morgan fingerprint density at radius 1 is 1.05 bits per heavy atom. The Balaban J connectivity index is 2.42. The van der Waals surface area contributed by atoms with Gasteiger partial charge in [0, 0.05) is 28.1 Å². The maximum absolute atomic E-state index is 6.35. The van der Waals surface area contributed by atoms with Crippen LogP contribution in [0, 0.1) is 6.92 Å². The zero-order valence-corrected chi connectivity index (χ0v) is 13.7. The maximum atomic E-state index is 6.35. The van der Waals surface area contributed by atoms with Crippen molar-refractivity contribution in [1.29, 1.82) is 0 Å². The molecule has 0 N–H and O–H groups in total. The van der Waals surface area contributed by atoms with Gasteiger partial charge in [-0.25, -0.2) is 9.97 Å². The Bertz CT molecular complexity index is 608. The van der Waals surface area contributed by atoms with Gasteiger partial charge in [-0.05, 0) is 18.6 Å². The maximum Gasteiger partial charge on any atom is 0.136 e. The molecule has 1 aromatic heterocycles. The summed E-state index contributed by atoms with van der Waals surface area (Å²) in [4.78, 5) is 9.03. The second kappa shape index (κ2) is 5.71. The molecule has 2 aromatic rings. The minimum absolute atomic E-state index is 0.114. The molecular weight excluding hydrogens is 291 g/mol. The van der Waals surface area contributed by atoms with E-state index in [-0.39, 0.29) is 5.41 Å². The number of hydrogen-bond acceptors (Lipinski definition) is 2. The number of nitrogens with zero attached hydrogens (tertiary/aromatic N) is 2. The van der Waals surface area contributed by atoms with Gasteiger partial charge >= 0.3 is 0 Å². The van der Waals surface area contributed by atoms with Crippen molar-refractivity contribution >= 4 is 23.2 Å². The van der Waals surface area contributed by atoms with Crippen molar-refractivity contribution in [2.24, 2.45) is 0 Å². The van der Waals surface area contributed by atoms with Crippen LogP contribution in [0.2, 0.25) is 10.2 Å². The van der Waals surface area contributed by atoms with E-state index in [1.165, 1.54) is 0 Å². The molecule has 0 atom stereocenters. The Kier molecular flexibility index (Phi) is 4.36. The van der Waals surface area contributed by atoms with Crippen molar-refractivity contribution in [3.05, 3.63) is 57.1 Å². The molecule has 2 rings (SSSR count). The zero-order chi connectivity index (χ0) is 14.9. The van der Waals surface area contributed by atoms with Crippen molar-refractivity contribution in [3.63, 3.8) is 0 Å². The van der Waals surface area contributed by atoms with Crippen molar-refractivity contribution < 1.29 is 0 Å². The molecule has 0 aliphatic carbocycles. The van der Waals surface area contributed by atoms with Crippen LogP contribution in [0.5, 0.6) is 0 Å². The molecule has 0 unspecified atom stereocenters. The topological polar surface area (TPSA) is 25.8 Å². The lowest BCUT2D eigenvalue weighted by Gasteiger charge is -2.19. The number of rotatable bonds is 2. The molecule has 0 radical (unpaired) electrons. The average Bonchev–Trinajstić information content (AvgIpc) is 2.34. The van der Waals surface area contributed by atoms with E-state index in [1.54, 1.807) is 0 Å². The molecule has 1 heterocycles. The highest BCUT2D eigenvalue weighted by molar-refractivity contribution is 6.31. The van der Waals surface area contributed by atoms with Gasteiger partial charge in [0.15, 0.2) is 0 Å². The van der Waals surface area contributed by atoms with Gasteiger partial charge < -0.3 is 0 Å². The molecule has 0 saturated heterocycles. The van der Waals surface area contributed by atoms with Gasteiger partial charge in [0.2, 0.25) is 0 Å². The van der Waals surface area contributed by atoms with Crippen LogP contribution in [-0.2, 0) is 11.8 Å². The summed E-state index contributed by atoms with van der Waals surface area (Å²) >= 11 is 12.5. The van der Waals surface area contributed by atoms with E-state index < -0.39 is 0 Å². The van der Waals surface area contributed by atoms with Gasteiger partial charge in [-0.1, -0.05) is 62.2 Å². The van der Waals surface area contributed by atoms with Crippen molar-refractivity contribution in [3.8, 4) is 0 Å². The number of aryl methyl sites for hydroxylation is 1. The Morgan fingerprint density at radius 3 is 2.25 bits per heavy atom. The third-order valence-corrected chi connectivity index (χ3v) is 3.84. The van der Waals surface area contributed by atoms with Crippen LogP contribution in [-0.4, -0.2) is 9.97 Å². The summed E-state index contributed by atoms with van der Waals surface area (Å²) < 4.78 is 0. The fraction of sp³-hybridized carbons (Fsp3) is 0.375. The molecule has 0 aliphatic heterocycles. The summed E-state index contributed by atoms with van der Waals surface area (Å²) in [5.74, 6) is 0.767. The van der Waals surface area contributed by atoms with Crippen molar-refractivity contribution in [2.75, 3.05) is 0 Å². The number of halogens is 2. The first-order chi connectivity index (χ1) is 9.29. The highest BCUT2D eigenvalue weighted by Crippen LogP contribution is 2.27. The van der Waals surface area contributed by atoms with Crippen LogP contribution >= 0.6 is 23.2 Å². The first-order valence-corrected chi connectivity index (χ1v) is 7.31. The molecule has 1 aromatic carbocycles. The SMILES string of the molecule is Cc1nc(C(C)(C)C)nc(Cl)c1Cc1ccccc1Cl. The van der Waals surface area contributed by atoms with Crippen LogP contribution in [0.25, 0.3) is 0 Å². The fourth-order valence-electron chi connectivity index (χ4n) is 1.93. The number of hydrogen-bond donors (Lipinski definition) is 0. The minimum Gasteiger partial charge on any atom is -0.237 e. The van der Waals surface area contributed by atoms with E-state index in [1.807, 2.05) is 31.2 Å². The second-order valence-electron chi connectivity index (χ2n) is 5.92. The summed E-state index contributed by atoms with van der Waals surface area (Å²) in [5, 5.41) is 1.25. The highest BCUT2D eigenvalue weighted by Gasteiger charge is 2.20. The van der Waals surface area contributed by atoms with Crippen molar-refractivity contribution in [2.45, 2.75) is 39.5 Å². The lowest BCUT2D eigenvalue weighted by atomic mass is 9.95. The molecule has 0 aliphatic rings. The zero-order valence-electron chi connectivity index (χ0n) is 12.2. The molecule has 20 heavy (non-hydrogen) atoms. The summed E-state index contributed by atoms with van der Waals surface area (Å²) in [6.45, 7) is 8.19. The number of aromatic nitrogens is 2. The van der Waals surface area contributed by atoms with Crippen LogP contribution in [0.15, 0.2) is 24.3 Å². The summed E-state index contributed by atoms with van der Waals surface area (Å²) in [6.07, 6.45) is 0.648. The molecular formula is C16H18Cl2N2. The molecule has 0 saturated carbocycles. The van der Waals surface area contributed by atoms with Gasteiger partial charge in [0.25, 0.3) is 0 Å². The van der Waals surface area contributed by atoms with Gasteiger partial charge in [-0.15, -0.1) is 0 Å². The predicted octanol–water partition coefficient (Wildman–Crippen LogP) is 4.98. The Labute approximate surface area is 130 Å². The molecule has 0 spiro atoms. The smallest absolute Gasteiger partial charge is 0.136 e. The van der Waals surface area contributed by atoms with Crippen molar-refractivity contribution in [1.82, 2.24) is 9.97 Å². The third-order valence-electron chi connectivity index (χ3n) is 3.16. The molecule has 4 heteroatoms. The minimum atomic E-state index is -0.114. The monoisotopic (exact) mass is 308 g/mol. The Hall–Kier alpha value is -1.12. The van der Waals surface area contributed by atoms with E-state index in [2.05, 4.69) is 30.7 Å². The van der Waals surface area contributed by atoms with Gasteiger partial charge in [-0.2, -0.15) is 0 Å². The predicted molar refractivity (Wildman–Crippen MR) is 84.7 cm³/mol. The third kappa shape index (κ3) is 3.31.